The number of nitrogens with zero attached hydrogens (tertiary/aromatic N) is 2. The van der Waals surface area contributed by atoms with Gasteiger partial charge in [-0.3, -0.25) is 4.40 Å². The van der Waals surface area contributed by atoms with Crippen molar-refractivity contribution in [1.82, 2.24) is 9.38 Å². The van der Waals surface area contributed by atoms with Crippen LogP contribution in [-0.4, -0.2) is 20.5 Å². The number of hydrogen-bond donors (Lipinski definition) is 2. The van der Waals surface area contributed by atoms with Crippen molar-refractivity contribution in [3.63, 3.8) is 0 Å². The number of benzene rings is 1. The Labute approximate surface area is 136 Å². The lowest BCUT2D eigenvalue weighted by Gasteiger charge is -2.29. The number of pyridine rings is 1. The van der Waals surface area contributed by atoms with Gasteiger partial charge in [0.15, 0.2) is 0 Å². The van der Waals surface area contributed by atoms with E-state index in [4.69, 9.17) is 4.98 Å². The minimum absolute atomic E-state index is 0.130. The highest BCUT2D eigenvalue weighted by atomic mass is 16.3. The molecular formula is C19H23N3O. The molecule has 0 aliphatic rings. The molecule has 4 nitrogen and oxygen atoms in total. The predicted molar refractivity (Wildman–Crippen MR) is 94.8 cm³/mol. The van der Waals surface area contributed by atoms with Crippen LogP contribution in [0.1, 0.15) is 27.7 Å². The second-order valence-corrected chi connectivity index (χ2v) is 7.02. The molecule has 0 saturated carbocycles. The Morgan fingerprint density at radius 3 is 2.43 bits per heavy atom. The molecule has 0 aliphatic heterocycles. The number of anilines is 1. The Kier molecular flexibility index (Phi) is 3.76. The first kappa shape index (κ1) is 15.4. The molecule has 4 heteroatoms. The molecule has 2 aromatic heterocycles. The standard InChI is InChI=1S/C19H23N3O/c1-13(19(2,3)4)20-18-17(14-8-10-15(23)11-9-14)21-16-7-5-6-12-22(16)18/h5-13,20,23H,1-4H3/t13-/m1/s1. The molecule has 0 unspecified atom stereocenters. The quantitative estimate of drug-likeness (QED) is 0.746. The van der Waals surface area contributed by atoms with Crippen molar-refractivity contribution >= 4 is 11.5 Å². The molecule has 0 fully saturated rings. The van der Waals surface area contributed by atoms with E-state index in [2.05, 4.69) is 37.4 Å². The van der Waals surface area contributed by atoms with Crippen LogP contribution in [-0.2, 0) is 0 Å². The zero-order valence-electron chi connectivity index (χ0n) is 14.0. The van der Waals surface area contributed by atoms with Gasteiger partial charge in [0.1, 0.15) is 22.9 Å². The van der Waals surface area contributed by atoms with Crippen molar-refractivity contribution in [3.8, 4) is 17.0 Å². The Morgan fingerprint density at radius 2 is 1.78 bits per heavy atom. The summed E-state index contributed by atoms with van der Waals surface area (Å²) >= 11 is 0. The van der Waals surface area contributed by atoms with E-state index in [1.807, 2.05) is 36.5 Å². The van der Waals surface area contributed by atoms with E-state index in [1.54, 1.807) is 12.1 Å². The third-order valence-corrected chi connectivity index (χ3v) is 4.32. The van der Waals surface area contributed by atoms with Gasteiger partial charge in [-0.2, -0.15) is 0 Å². The molecule has 0 spiro atoms. The van der Waals surface area contributed by atoms with E-state index in [0.717, 1.165) is 22.7 Å². The molecule has 3 aromatic rings. The number of nitrogens with one attached hydrogen (secondary N) is 1. The summed E-state index contributed by atoms with van der Waals surface area (Å²) in [5.74, 6) is 1.24. The fraction of sp³-hybridized carbons (Fsp3) is 0.316. The van der Waals surface area contributed by atoms with Crippen LogP contribution < -0.4 is 5.32 Å². The Morgan fingerprint density at radius 1 is 1.09 bits per heavy atom. The number of rotatable bonds is 3. The molecule has 0 radical (unpaired) electrons. The second-order valence-electron chi connectivity index (χ2n) is 7.02. The molecule has 0 amide bonds. The third kappa shape index (κ3) is 3.02. The largest absolute Gasteiger partial charge is 0.508 e. The molecule has 0 saturated heterocycles. The normalized spacial score (nSPS) is 13.2. The van der Waals surface area contributed by atoms with Gasteiger partial charge in [0.2, 0.25) is 0 Å². The van der Waals surface area contributed by atoms with Crippen molar-refractivity contribution in [2.75, 3.05) is 5.32 Å². The van der Waals surface area contributed by atoms with Crippen molar-refractivity contribution in [1.29, 1.82) is 0 Å². The molecule has 1 atom stereocenters. The zero-order chi connectivity index (χ0) is 16.6. The predicted octanol–water partition coefficient (Wildman–Crippen LogP) is 4.55. The molecule has 1 aromatic carbocycles. The van der Waals surface area contributed by atoms with E-state index in [1.165, 1.54) is 0 Å². The second kappa shape index (κ2) is 5.61. The van der Waals surface area contributed by atoms with Crippen LogP contribution in [0.2, 0.25) is 0 Å². The Hall–Kier alpha value is -2.49. The van der Waals surface area contributed by atoms with E-state index in [-0.39, 0.29) is 17.2 Å². The lowest BCUT2D eigenvalue weighted by Crippen LogP contribution is -2.31. The van der Waals surface area contributed by atoms with Crippen LogP contribution in [0.25, 0.3) is 16.9 Å². The number of fused-ring (bicyclic) bond motifs is 1. The first-order valence-corrected chi connectivity index (χ1v) is 7.89. The first-order chi connectivity index (χ1) is 10.9. The van der Waals surface area contributed by atoms with Crippen molar-refractivity contribution < 1.29 is 5.11 Å². The minimum atomic E-state index is 0.130. The number of hydrogen-bond acceptors (Lipinski definition) is 3. The van der Waals surface area contributed by atoms with Crippen LogP contribution in [0.4, 0.5) is 5.82 Å². The van der Waals surface area contributed by atoms with Crippen LogP contribution in [0.3, 0.4) is 0 Å². The summed E-state index contributed by atoms with van der Waals surface area (Å²) in [5, 5.41) is 13.1. The molecule has 0 aliphatic carbocycles. The maximum Gasteiger partial charge on any atom is 0.139 e. The summed E-state index contributed by atoms with van der Waals surface area (Å²) in [6, 6.07) is 13.4. The fourth-order valence-electron chi connectivity index (χ4n) is 2.38. The highest BCUT2D eigenvalue weighted by molar-refractivity contribution is 5.77. The van der Waals surface area contributed by atoms with Gasteiger partial charge in [0.25, 0.3) is 0 Å². The van der Waals surface area contributed by atoms with Crippen molar-refractivity contribution in [2.24, 2.45) is 5.41 Å². The summed E-state index contributed by atoms with van der Waals surface area (Å²) in [6.07, 6.45) is 2.02. The third-order valence-electron chi connectivity index (χ3n) is 4.32. The summed E-state index contributed by atoms with van der Waals surface area (Å²) in [7, 11) is 0. The van der Waals surface area contributed by atoms with Gasteiger partial charge in [-0.25, -0.2) is 4.98 Å². The van der Waals surface area contributed by atoms with E-state index in [9.17, 15) is 5.11 Å². The SMILES string of the molecule is C[C@@H](Nc1c(-c2ccc(O)cc2)nc2ccccn12)C(C)(C)C. The molecule has 2 heterocycles. The van der Waals surface area contributed by atoms with Gasteiger partial charge >= 0.3 is 0 Å². The Balaban J connectivity index is 2.13. The van der Waals surface area contributed by atoms with Gasteiger partial charge in [0, 0.05) is 17.8 Å². The van der Waals surface area contributed by atoms with E-state index in [0.29, 0.717) is 0 Å². The zero-order valence-corrected chi connectivity index (χ0v) is 14.0. The molecule has 23 heavy (non-hydrogen) atoms. The average molecular weight is 309 g/mol. The van der Waals surface area contributed by atoms with Gasteiger partial charge < -0.3 is 10.4 Å². The number of phenols is 1. The topological polar surface area (TPSA) is 49.6 Å². The smallest absolute Gasteiger partial charge is 0.139 e. The minimum Gasteiger partial charge on any atom is -0.508 e. The van der Waals surface area contributed by atoms with Gasteiger partial charge in [-0.15, -0.1) is 0 Å². The number of aromatic hydroxyl groups is 1. The molecule has 120 valence electrons. The van der Waals surface area contributed by atoms with E-state index >= 15 is 0 Å². The lowest BCUT2D eigenvalue weighted by molar-refractivity contribution is 0.358. The summed E-state index contributed by atoms with van der Waals surface area (Å²) in [4.78, 5) is 4.77. The fourth-order valence-corrected chi connectivity index (χ4v) is 2.38. The number of phenolic OH excluding ortho intramolecular Hbond substituents is 1. The van der Waals surface area contributed by atoms with E-state index < -0.39 is 0 Å². The van der Waals surface area contributed by atoms with Gasteiger partial charge in [-0.1, -0.05) is 26.8 Å². The van der Waals surface area contributed by atoms with Crippen molar-refractivity contribution in [2.45, 2.75) is 33.7 Å². The van der Waals surface area contributed by atoms with Crippen LogP contribution >= 0.6 is 0 Å². The molecule has 3 rings (SSSR count). The highest BCUT2D eigenvalue weighted by Gasteiger charge is 2.23. The first-order valence-electron chi connectivity index (χ1n) is 7.89. The summed E-state index contributed by atoms with van der Waals surface area (Å²) < 4.78 is 2.07. The maximum atomic E-state index is 9.52. The van der Waals surface area contributed by atoms with Crippen LogP contribution in [0, 0.1) is 5.41 Å². The maximum absolute atomic E-state index is 9.52. The highest BCUT2D eigenvalue weighted by Crippen LogP contribution is 2.32. The molecular weight excluding hydrogens is 286 g/mol. The molecule has 0 bridgehead atoms. The summed E-state index contributed by atoms with van der Waals surface area (Å²) in [5.41, 5.74) is 2.91. The monoisotopic (exact) mass is 309 g/mol. The summed E-state index contributed by atoms with van der Waals surface area (Å²) in [6.45, 7) is 8.83. The molecule has 2 N–H and O–H groups in total. The van der Waals surface area contributed by atoms with Gasteiger partial charge in [0.05, 0.1) is 0 Å². The number of aromatic nitrogens is 2. The van der Waals surface area contributed by atoms with Gasteiger partial charge in [-0.05, 0) is 48.7 Å². The number of imidazole rings is 1. The van der Waals surface area contributed by atoms with Crippen LogP contribution in [0.15, 0.2) is 48.7 Å². The van der Waals surface area contributed by atoms with Crippen molar-refractivity contribution in [3.05, 3.63) is 48.7 Å². The lowest BCUT2D eigenvalue weighted by atomic mass is 9.88. The Bertz CT molecular complexity index is 813. The van der Waals surface area contributed by atoms with Crippen LogP contribution in [0.5, 0.6) is 5.75 Å². The average Bonchev–Trinajstić information content (AvgIpc) is 2.86.